The fourth-order valence-corrected chi connectivity index (χ4v) is 6.70. The second kappa shape index (κ2) is 16.6. The van der Waals surface area contributed by atoms with Crippen molar-refractivity contribution in [3.05, 3.63) is 88.9 Å². The van der Waals surface area contributed by atoms with Crippen LogP contribution >= 0.6 is 11.6 Å². The van der Waals surface area contributed by atoms with Crippen LogP contribution in [0, 0.1) is 5.92 Å². The largest absolute Gasteiger partial charge is 0.490 e. The molecule has 4 rings (SSSR count). The highest BCUT2D eigenvalue weighted by molar-refractivity contribution is 7.89. The zero-order chi connectivity index (χ0) is 34.1. The second-order valence-corrected chi connectivity index (χ2v) is 14.6. The highest BCUT2D eigenvalue weighted by Gasteiger charge is 2.32. The Kier molecular flexibility index (Phi) is 12.8. The van der Waals surface area contributed by atoms with Gasteiger partial charge < -0.3 is 24.8 Å². The van der Waals surface area contributed by atoms with Crippen LogP contribution in [0.3, 0.4) is 0 Å². The van der Waals surface area contributed by atoms with E-state index in [4.69, 9.17) is 21.1 Å². The first-order chi connectivity index (χ1) is 22.4. The standard InChI is InChI=1S/C35H44ClN3O7S/c1-24-21-39(25(2)23-40)35(42)31-20-29(37-34(41)27-11-6-5-7-12-27)15-18-32(31)46-26(3)10-8-9-19-45-33(24)22-38(4)47(43,44)30-16-13-28(36)14-17-30/h5-7,11-18,20,24-26,33,40H,8-10,19,21-23H2,1-4H3,(H,37,41)/t24-,25-,26-,33+/m1/s1. The highest BCUT2D eigenvalue weighted by Crippen LogP contribution is 2.29. The van der Waals surface area contributed by atoms with Crippen molar-refractivity contribution in [1.82, 2.24) is 9.21 Å². The van der Waals surface area contributed by atoms with Gasteiger partial charge in [0.15, 0.2) is 0 Å². The summed E-state index contributed by atoms with van der Waals surface area (Å²) in [5.74, 6) is -0.668. The molecule has 1 aliphatic rings. The number of amides is 2. The second-order valence-electron chi connectivity index (χ2n) is 12.1. The fourth-order valence-electron chi connectivity index (χ4n) is 5.39. The number of carbonyl (C=O) groups is 2. The molecule has 1 heterocycles. The number of aliphatic hydroxyl groups is 1. The minimum absolute atomic E-state index is 0.0490. The Hall–Kier alpha value is -3.48. The predicted octanol–water partition coefficient (Wildman–Crippen LogP) is 5.71. The molecule has 0 bridgehead atoms. The number of aliphatic hydroxyl groups excluding tert-OH is 1. The van der Waals surface area contributed by atoms with Gasteiger partial charge >= 0.3 is 0 Å². The maximum atomic E-state index is 14.3. The van der Waals surface area contributed by atoms with Gasteiger partial charge in [-0.2, -0.15) is 4.31 Å². The Balaban J connectivity index is 1.65. The van der Waals surface area contributed by atoms with E-state index < -0.39 is 28.1 Å². The Morgan fingerprint density at radius 1 is 1.09 bits per heavy atom. The molecule has 12 heteroatoms. The molecule has 2 N–H and O–H groups in total. The van der Waals surface area contributed by atoms with Crippen LogP contribution in [-0.2, 0) is 14.8 Å². The first-order valence-electron chi connectivity index (χ1n) is 15.8. The van der Waals surface area contributed by atoms with Crippen LogP contribution in [0.4, 0.5) is 5.69 Å². The van der Waals surface area contributed by atoms with Crippen molar-refractivity contribution in [3.8, 4) is 5.75 Å². The van der Waals surface area contributed by atoms with E-state index in [1.807, 2.05) is 19.9 Å². The Morgan fingerprint density at radius 3 is 2.47 bits per heavy atom. The Labute approximate surface area is 282 Å². The van der Waals surface area contributed by atoms with Gasteiger partial charge in [-0.25, -0.2) is 8.42 Å². The van der Waals surface area contributed by atoms with E-state index >= 15 is 0 Å². The number of halogens is 1. The number of nitrogens with zero attached hydrogens (tertiary/aromatic N) is 2. The van der Waals surface area contributed by atoms with E-state index in [0.29, 0.717) is 35.1 Å². The minimum Gasteiger partial charge on any atom is -0.490 e. The molecule has 254 valence electrons. The van der Waals surface area contributed by atoms with Crippen molar-refractivity contribution in [2.45, 2.75) is 63.2 Å². The van der Waals surface area contributed by atoms with Crippen molar-refractivity contribution >= 4 is 39.1 Å². The number of benzene rings is 3. The number of fused-ring (bicyclic) bond motifs is 1. The molecule has 1 aliphatic heterocycles. The number of rotatable bonds is 8. The van der Waals surface area contributed by atoms with Crippen LogP contribution in [0.15, 0.2) is 77.7 Å². The van der Waals surface area contributed by atoms with Crippen molar-refractivity contribution in [1.29, 1.82) is 0 Å². The van der Waals surface area contributed by atoms with E-state index in [-0.39, 0.29) is 48.1 Å². The smallest absolute Gasteiger partial charge is 0.258 e. The summed E-state index contributed by atoms with van der Waals surface area (Å²) in [6, 6.07) is 19.2. The van der Waals surface area contributed by atoms with Gasteiger partial charge in [-0.15, -0.1) is 0 Å². The quantitative estimate of drug-likeness (QED) is 0.311. The molecule has 0 unspecified atom stereocenters. The minimum atomic E-state index is -3.84. The fraction of sp³-hybridized carbons (Fsp3) is 0.429. The first-order valence-corrected chi connectivity index (χ1v) is 17.6. The average Bonchev–Trinajstić information content (AvgIpc) is 3.06. The maximum absolute atomic E-state index is 14.3. The molecule has 0 radical (unpaired) electrons. The topological polar surface area (TPSA) is 125 Å². The van der Waals surface area contributed by atoms with Gasteiger partial charge in [-0.1, -0.05) is 36.7 Å². The molecule has 2 amide bonds. The molecular formula is C35H44ClN3O7S. The molecule has 0 spiro atoms. The third-order valence-corrected chi connectivity index (χ3v) is 10.4. The molecule has 4 atom stereocenters. The van der Waals surface area contributed by atoms with Crippen molar-refractivity contribution in [3.63, 3.8) is 0 Å². The molecule has 0 saturated heterocycles. The van der Waals surface area contributed by atoms with E-state index in [1.54, 1.807) is 54.3 Å². The number of anilines is 1. The third kappa shape index (κ3) is 9.55. The van der Waals surface area contributed by atoms with E-state index in [9.17, 15) is 23.1 Å². The van der Waals surface area contributed by atoms with Gasteiger partial charge in [0.2, 0.25) is 10.0 Å². The van der Waals surface area contributed by atoms with Crippen LogP contribution in [0.5, 0.6) is 5.75 Å². The van der Waals surface area contributed by atoms with Crippen LogP contribution < -0.4 is 10.1 Å². The summed E-state index contributed by atoms with van der Waals surface area (Å²) >= 11 is 5.98. The Morgan fingerprint density at radius 2 is 1.79 bits per heavy atom. The van der Waals surface area contributed by atoms with Gasteiger partial charge in [-0.05, 0) is 87.7 Å². The molecule has 3 aromatic rings. The maximum Gasteiger partial charge on any atom is 0.258 e. The van der Waals surface area contributed by atoms with Crippen LogP contribution in [0.1, 0.15) is 60.7 Å². The van der Waals surface area contributed by atoms with Crippen LogP contribution in [0.25, 0.3) is 0 Å². The summed E-state index contributed by atoms with van der Waals surface area (Å²) in [5, 5.41) is 13.5. The molecule has 0 saturated carbocycles. The number of ether oxygens (including phenoxy) is 2. The summed E-state index contributed by atoms with van der Waals surface area (Å²) in [5.41, 5.74) is 1.14. The zero-order valence-electron chi connectivity index (χ0n) is 27.3. The highest BCUT2D eigenvalue weighted by atomic mass is 35.5. The monoisotopic (exact) mass is 685 g/mol. The van der Waals surface area contributed by atoms with E-state index in [2.05, 4.69) is 5.32 Å². The number of nitrogens with one attached hydrogen (secondary N) is 1. The van der Waals surface area contributed by atoms with Gasteiger partial charge in [0, 0.05) is 48.9 Å². The molecule has 47 heavy (non-hydrogen) atoms. The molecule has 0 fully saturated rings. The van der Waals surface area contributed by atoms with E-state index in [1.165, 1.54) is 35.6 Å². The number of sulfonamides is 1. The molecule has 0 aliphatic carbocycles. The molecule has 10 nitrogen and oxygen atoms in total. The SMILES string of the molecule is C[C@@H]1CCCCO[C@@H](CN(C)S(=O)(=O)c2ccc(Cl)cc2)[C@H](C)CN([C@H](C)CO)C(=O)c2cc(NC(=O)c3ccccc3)ccc2O1. The summed E-state index contributed by atoms with van der Waals surface area (Å²) in [4.78, 5) is 28.9. The lowest BCUT2D eigenvalue weighted by Crippen LogP contribution is -2.48. The summed E-state index contributed by atoms with van der Waals surface area (Å²) in [6.07, 6.45) is 1.45. The number of hydrogen-bond donors (Lipinski definition) is 2. The third-order valence-electron chi connectivity index (χ3n) is 8.30. The lowest BCUT2D eigenvalue weighted by atomic mass is 10.0. The van der Waals surface area contributed by atoms with Gasteiger partial charge in [0.25, 0.3) is 11.8 Å². The number of hydrogen-bond acceptors (Lipinski definition) is 7. The number of carbonyl (C=O) groups excluding carboxylic acids is 2. The average molecular weight is 686 g/mol. The lowest BCUT2D eigenvalue weighted by Gasteiger charge is -2.35. The van der Waals surface area contributed by atoms with Gasteiger partial charge in [0.1, 0.15) is 5.75 Å². The zero-order valence-corrected chi connectivity index (χ0v) is 28.8. The van der Waals surface area contributed by atoms with Crippen LogP contribution in [0.2, 0.25) is 5.02 Å². The molecular weight excluding hydrogens is 642 g/mol. The first kappa shape index (κ1) is 36.4. The van der Waals surface area contributed by atoms with Crippen molar-refractivity contribution in [2.75, 3.05) is 38.7 Å². The van der Waals surface area contributed by atoms with Gasteiger partial charge in [0.05, 0.1) is 35.3 Å². The Bertz CT molecular complexity index is 1610. The molecule has 0 aromatic heterocycles. The summed E-state index contributed by atoms with van der Waals surface area (Å²) in [7, 11) is -2.34. The van der Waals surface area contributed by atoms with Crippen molar-refractivity contribution in [2.24, 2.45) is 5.92 Å². The summed E-state index contributed by atoms with van der Waals surface area (Å²) < 4.78 is 40.7. The van der Waals surface area contributed by atoms with Crippen molar-refractivity contribution < 1.29 is 32.6 Å². The normalized spacial score (nSPS) is 20.5. The molecule has 3 aromatic carbocycles. The van der Waals surface area contributed by atoms with E-state index in [0.717, 1.165) is 12.8 Å². The predicted molar refractivity (Wildman–Crippen MR) is 183 cm³/mol. The lowest BCUT2D eigenvalue weighted by molar-refractivity contribution is -0.00834. The van der Waals surface area contributed by atoms with Crippen LogP contribution in [-0.4, -0.2) is 86.1 Å². The number of likely N-dealkylation sites (N-methyl/N-ethyl adjacent to an activating group) is 1. The summed E-state index contributed by atoms with van der Waals surface area (Å²) in [6.45, 7) is 5.89. The van der Waals surface area contributed by atoms with Gasteiger partial charge in [-0.3, -0.25) is 9.59 Å².